The highest BCUT2D eigenvalue weighted by atomic mass is 16.5. The van der Waals surface area contributed by atoms with Gasteiger partial charge < -0.3 is 19.9 Å². The first-order valence-electron chi connectivity index (χ1n) is 8.59. The third kappa shape index (κ3) is 5.57. The molecule has 0 bridgehead atoms. The molecule has 0 unspecified atom stereocenters. The summed E-state index contributed by atoms with van der Waals surface area (Å²) in [6.45, 7) is 2.69. The number of hydrogen-bond acceptors (Lipinski definition) is 4. The molecule has 0 aliphatic heterocycles. The van der Waals surface area contributed by atoms with Crippen molar-refractivity contribution in [3.63, 3.8) is 0 Å². The van der Waals surface area contributed by atoms with Gasteiger partial charge in [-0.25, -0.2) is 0 Å². The maximum atomic E-state index is 12.0. The van der Waals surface area contributed by atoms with Crippen LogP contribution in [0.15, 0.2) is 24.3 Å². The zero-order valence-electron chi connectivity index (χ0n) is 14.5. The van der Waals surface area contributed by atoms with Crippen molar-refractivity contribution in [2.24, 2.45) is 0 Å². The monoisotopic (exact) mass is 333 g/mol. The molecule has 1 aliphatic carbocycles. The van der Waals surface area contributed by atoms with Gasteiger partial charge in [-0.1, -0.05) is 13.0 Å². The van der Waals surface area contributed by atoms with Gasteiger partial charge in [0, 0.05) is 12.1 Å². The Bertz CT molecular complexity index is 562. The number of benzene rings is 1. The van der Waals surface area contributed by atoms with E-state index in [-0.39, 0.29) is 18.1 Å². The summed E-state index contributed by atoms with van der Waals surface area (Å²) in [4.78, 5) is 12.0. The van der Waals surface area contributed by atoms with Crippen LogP contribution >= 0.6 is 0 Å². The van der Waals surface area contributed by atoms with Crippen LogP contribution in [0.1, 0.15) is 44.6 Å². The molecular weight excluding hydrogens is 306 g/mol. The van der Waals surface area contributed by atoms with Gasteiger partial charge >= 0.3 is 0 Å². The summed E-state index contributed by atoms with van der Waals surface area (Å²) >= 11 is 0. The highest BCUT2D eigenvalue weighted by molar-refractivity contribution is 5.92. The van der Waals surface area contributed by atoms with E-state index < -0.39 is 0 Å². The van der Waals surface area contributed by atoms with Gasteiger partial charge in [-0.05, 0) is 55.9 Å². The number of carbonyl (C=O) groups is 1. The largest absolute Gasteiger partial charge is 0.493 e. The fraction of sp³-hybridized carbons (Fsp3) is 0.526. The third-order valence-corrected chi connectivity index (χ3v) is 4.12. The number of methoxy groups -OCH3 is 1. The second kappa shape index (κ2) is 9.33. The van der Waals surface area contributed by atoms with Crippen LogP contribution in [0.25, 0.3) is 6.08 Å². The summed E-state index contributed by atoms with van der Waals surface area (Å²) in [5.41, 5.74) is 0.880. The van der Waals surface area contributed by atoms with Crippen LogP contribution in [-0.2, 0) is 4.79 Å². The topological polar surface area (TPSA) is 67.8 Å². The van der Waals surface area contributed by atoms with Gasteiger partial charge in [-0.15, -0.1) is 0 Å². The van der Waals surface area contributed by atoms with E-state index in [1.165, 1.54) is 6.08 Å². The lowest BCUT2D eigenvalue weighted by atomic mass is 9.93. The van der Waals surface area contributed by atoms with Crippen molar-refractivity contribution < 1.29 is 19.4 Å². The Morgan fingerprint density at radius 3 is 2.71 bits per heavy atom. The standard InChI is InChI=1S/C19H27NO4/c1-3-12-24-17-10-4-14(13-18(17)23-2)5-11-19(22)20-15-6-8-16(21)9-7-15/h4-5,10-11,13,15-16,21H,3,6-9,12H2,1-2H3,(H,20,22). The van der Waals surface area contributed by atoms with Crippen molar-refractivity contribution in [2.45, 2.75) is 51.2 Å². The first kappa shape index (κ1) is 18.3. The minimum atomic E-state index is -0.213. The van der Waals surface area contributed by atoms with Gasteiger partial charge in [0.2, 0.25) is 5.91 Å². The molecule has 5 heteroatoms. The SMILES string of the molecule is CCCOc1ccc(C=CC(=O)NC2CCC(O)CC2)cc1OC. The van der Waals surface area contributed by atoms with Gasteiger partial charge in [0.15, 0.2) is 11.5 Å². The summed E-state index contributed by atoms with van der Waals surface area (Å²) in [7, 11) is 1.60. The Morgan fingerprint density at radius 1 is 1.29 bits per heavy atom. The van der Waals surface area contributed by atoms with E-state index in [1.54, 1.807) is 13.2 Å². The summed E-state index contributed by atoms with van der Waals surface area (Å²) in [6.07, 6.45) is 7.19. The van der Waals surface area contributed by atoms with E-state index in [9.17, 15) is 9.90 Å². The minimum absolute atomic E-state index is 0.110. The van der Waals surface area contributed by atoms with Crippen molar-refractivity contribution in [3.05, 3.63) is 29.8 Å². The van der Waals surface area contributed by atoms with Gasteiger partial charge in [-0.3, -0.25) is 4.79 Å². The van der Waals surface area contributed by atoms with Crippen molar-refractivity contribution in [3.8, 4) is 11.5 Å². The molecule has 0 spiro atoms. The highest BCUT2D eigenvalue weighted by Gasteiger charge is 2.19. The minimum Gasteiger partial charge on any atom is -0.493 e. The van der Waals surface area contributed by atoms with E-state index in [2.05, 4.69) is 12.2 Å². The summed E-state index contributed by atoms with van der Waals surface area (Å²) in [5.74, 6) is 1.26. The molecule has 0 radical (unpaired) electrons. The molecule has 2 N–H and O–H groups in total. The molecule has 0 saturated heterocycles. The van der Waals surface area contributed by atoms with Gasteiger partial charge in [0.25, 0.3) is 0 Å². The predicted molar refractivity (Wildman–Crippen MR) is 94.2 cm³/mol. The highest BCUT2D eigenvalue weighted by Crippen LogP contribution is 2.28. The summed E-state index contributed by atoms with van der Waals surface area (Å²) in [5, 5.41) is 12.5. The van der Waals surface area contributed by atoms with Crippen LogP contribution < -0.4 is 14.8 Å². The Balaban J connectivity index is 1.91. The number of carbonyl (C=O) groups excluding carboxylic acids is 1. The molecule has 1 aromatic carbocycles. The van der Waals surface area contributed by atoms with Crippen molar-refractivity contribution in [1.29, 1.82) is 0 Å². The van der Waals surface area contributed by atoms with Crippen LogP contribution in [0, 0.1) is 0 Å². The molecule has 1 aliphatic rings. The van der Waals surface area contributed by atoms with Gasteiger partial charge in [-0.2, -0.15) is 0 Å². The lowest BCUT2D eigenvalue weighted by Gasteiger charge is -2.25. The van der Waals surface area contributed by atoms with Crippen LogP contribution in [0.3, 0.4) is 0 Å². The molecule has 132 valence electrons. The number of nitrogens with one attached hydrogen (secondary N) is 1. The van der Waals surface area contributed by atoms with E-state index >= 15 is 0 Å². The first-order chi connectivity index (χ1) is 11.6. The molecule has 1 amide bonds. The molecular formula is C19H27NO4. The quantitative estimate of drug-likeness (QED) is 0.753. The molecule has 1 saturated carbocycles. The van der Waals surface area contributed by atoms with E-state index in [1.807, 2.05) is 18.2 Å². The van der Waals surface area contributed by atoms with E-state index in [0.29, 0.717) is 18.1 Å². The number of amides is 1. The maximum absolute atomic E-state index is 12.0. The molecule has 2 rings (SSSR count). The smallest absolute Gasteiger partial charge is 0.244 e. The number of rotatable bonds is 7. The number of aliphatic hydroxyl groups excluding tert-OH is 1. The van der Waals surface area contributed by atoms with Crippen molar-refractivity contribution in [1.82, 2.24) is 5.32 Å². The predicted octanol–water partition coefficient (Wildman–Crippen LogP) is 2.92. The maximum Gasteiger partial charge on any atom is 0.244 e. The van der Waals surface area contributed by atoms with Gasteiger partial charge in [0.05, 0.1) is 19.8 Å². The fourth-order valence-electron chi connectivity index (χ4n) is 2.76. The molecule has 5 nitrogen and oxygen atoms in total. The Labute approximate surface area is 143 Å². The van der Waals surface area contributed by atoms with Crippen LogP contribution in [0.4, 0.5) is 0 Å². The third-order valence-electron chi connectivity index (χ3n) is 4.12. The summed E-state index contributed by atoms with van der Waals surface area (Å²) in [6, 6.07) is 5.76. The number of hydrogen-bond donors (Lipinski definition) is 2. The Kier molecular flexibility index (Phi) is 7.12. The Hall–Kier alpha value is -2.01. The van der Waals surface area contributed by atoms with Crippen molar-refractivity contribution in [2.75, 3.05) is 13.7 Å². The average molecular weight is 333 g/mol. The Morgan fingerprint density at radius 2 is 2.04 bits per heavy atom. The van der Waals surface area contributed by atoms with Crippen molar-refractivity contribution >= 4 is 12.0 Å². The average Bonchev–Trinajstić information content (AvgIpc) is 2.60. The van der Waals surface area contributed by atoms with Crippen LogP contribution in [0.5, 0.6) is 11.5 Å². The molecule has 1 fully saturated rings. The molecule has 0 aromatic heterocycles. The van der Waals surface area contributed by atoms with Crippen LogP contribution in [-0.4, -0.2) is 36.9 Å². The van der Waals surface area contributed by atoms with Crippen LogP contribution in [0.2, 0.25) is 0 Å². The second-order valence-electron chi connectivity index (χ2n) is 6.11. The number of ether oxygens (including phenoxy) is 2. The zero-order valence-corrected chi connectivity index (χ0v) is 14.5. The lowest BCUT2D eigenvalue weighted by Crippen LogP contribution is -2.37. The van der Waals surface area contributed by atoms with E-state index in [0.717, 1.165) is 37.7 Å². The van der Waals surface area contributed by atoms with Gasteiger partial charge in [0.1, 0.15) is 0 Å². The number of aliphatic hydroxyl groups is 1. The zero-order chi connectivity index (χ0) is 17.4. The second-order valence-corrected chi connectivity index (χ2v) is 6.11. The first-order valence-corrected chi connectivity index (χ1v) is 8.59. The molecule has 0 atom stereocenters. The fourth-order valence-corrected chi connectivity index (χ4v) is 2.76. The summed E-state index contributed by atoms with van der Waals surface area (Å²) < 4.78 is 11.0. The normalized spacial score (nSPS) is 20.8. The molecule has 1 aromatic rings. The molecule has 0 heterocycles. The van der Waals surface area contributed by atoms with E-state index in [4.69, 9.17) is 9.47 Å². The lowest BCUT2D eigenvalue weighted by molar-refractivity contribution is -0.117. The molecule has 24 heavy (non-hydrogen) atoms.